The summed E-state index contributed by atoms with van der Waals surface area (Å²) in [6.07, 6.45) is 0. The molecule has 5 nitrogen and oxygen atoms in total. The molecule has 0 bridgehead atoms. The summed E-state index contributed by atoms with van der Waals surface area (Å²) in [5.41, 5.74) is 5.73. The second-order valence-electron chi connectivity index (χ2n) is 5.72. The lowest BCUT2D eigenvalue weighted by Gasteiger charge is -2.04. The van der Waals surface area contributed by atoms with E-state index in [2.05, 4.69) is 15.2 Å². The van der Waals surface area contributed by atoms with Gasteiger partial charge in [-0.05, 0) is 37.6 Å². The number of aromatic nitrogens is 4. The number of thioether (sulfide) groups is 1. The van der Waals surface area contributed by atoms with Gasteiger partial charge in [-0.1, -0.05) is 42.1 Å². The van der Waals surface area contributed by atoms with Crippen LogP contribution in [0.25, 0.3) is 22.5 Å². The van der Waals surface area contributed by atoms with Crippen LogP contribution in [-0.2, 0) is 5.75 Å². The van der Waals surface area contributed by atoms with Gasteiger partial charge in [0.25, 0.3) is 5.22 Å². The second-order valence-corrected chi connectivity index (χ2v) is 6.65. The zero-order chi connectivity index (χ0) is 17.2. The Balaban J connectivity index is 1.54. The van der Waals surface area contributed by atoms with Crippen molar-refractivity contribution in [3.63, 3.8) is 0 Å². The quantitative estimate of drug-likeness (QED) is 0.503. The third kappa shape index (κ3) is 3.25. The Hall–Kier alpha value is -2.73. The third-order valence-corrected chi connectivity index (χ3v) is 4.79. The van der Waals surface area contributed by atoms with Crippen molar-refractivity contribution < 1.29 is 4.42 Å². The molecule has 124 valence electrons. The molecule has 0 aliphatic heterocycles. The highest BCUT2D eigenvalue weighted by Crippen LogP contribution is 2.27. The highest BCUT2D eigenvalue weighted by molar-refractivity contribution is 7.98. The summed E-state index contributed by atoms with van der Waals surface area (Å²) >= 11 is 1.47. The number of rotatable bonds is 4. The first kappa shape index (κ1) is 15.8. The fraction of sp³-hybridized carbons (Fsp3) is 0.158. The minimum Gasteiger partial charge on any atom is -0.411 e. The lowest BCUT2D eigenvalue weighted by Crippen LogP contribution is -1.96. The van der Waals surface area contributed by atoms with Crippen LogP contribution >= 0.6 is 11.8 Å². The number of benzene rings is 2. The molecule has 2 aromatic carbocycles. The molecule has 0 saturated carbocycles. The van der Waals surface area contributed by atoms with Crippen molar-refractivity contribution in [1.29, 1.82) is 0 Å². The first-order chi connectivity index (χ1) is 12.2. The molecule has 0 aliphatic rings. The van der Waals surface area contributed by atoms with E-state index >= 15 is 0 Å². The highest BCUT2D eigenvalue weighted by atomic mass is 32.2. The van der Waals surface area contributed by atoms with Crippen LogP contribution in [0.4, 0.5) is 0 Å². The molecule has 0 fully saturated rings. The largest absolute Gasteiger partial charge is 0.411 e. The van der Waals surface area contributed by atoms with Crippen LogP contribution in [0.5, 0.6) is 0 Å². The summed E-state index contributed by atoms with van der Waals surface area (Å²) in [6, 6.07) is 15.8. The van der Waals surface area contributed by atoms with Gasteiger partial charge in [0.15, 0.2) is 0 Å². The number of hydrogen-bond donors (Lipinski definition) is 0. The van der Waals surface area contributed by atoms with Gasteiger partial charge >= 0.3 is 0 Å². The molecule has 6 heteroatoms. The number of aryl methyl sites for hydroxylation is 2. The van der Waals surface area contributed by atoms with Gasteiger partial charge in [0.05, 0.1) is 22.4 Å². The van der Waals surface area contributed by atoms with Crippen LogP contribution in [-0.4, -0.2) is 20.2 Å². The van der Waals surface area contributed by atoms with Crippen LogP contribution < -0.4 is 0 Å². The van der Waals surface area contributed by atoms with Gasteiger partial charge in [-0.2, -0.15) is 0 Å². The topological polar surface area (TPSA) is 64.7 Å². The first-order valence-electron chi connectivity index (χ1n) is 7.95. The molecule has 4 rings (SSSR count). The Kier molecular flexibility index (Phi) is 4.19. The van der Waals surface area contributed by atoms with Crippen molar-refractivity contribution in [1.82, 2.24) is 20.2 Å². The van der Waals surface area contributed by atoms with Gasteiger partial charge < -0.3 is 4.42 Å². The Morgan fingerprint density at radius 1 is 0.880 bits per heavy atom. The van der Waals surface area contributed by atoms with Crippen molar-refractivity contribution in [2.45, 2.75) is 24.8 Å². The van der Waals surface area contributed by atoms with E-state index in [0.717, 1.165) is 33.5 Å². The SMILES string of the molecule is Cc1ccccc1-c1nnc(SCc2nc3ccccc3nc2C)o1. The molecular formula is C19H16N4OS. The summed E-state index contributed by atoms with van der Waals surface area (Å²) in [5.74, 6) is 1.18. The Morgan fingerprint density at radius 3 is 2.40 bits per heavy atom. The summed E-state index contributed by atoms with van der Waals surface area (Å²) < 4.78 is 5.79. The van der Waals surface area contributed by atoms with Crippen molar-refractivity contribution in [2.75, 3.05) is 0 Å². The third-order valence-electron chi connectivity index (χ3n) is 3.96. The fourth-order valence-electron chi connectivity index (χ4n) is 2.58. The molecule has 0 aliphatic carbocycles. The van der Waals surface area contributed by atoms with E-state index in [1.807, 2.05) is 62.4 Å². The summed E-state index contributed by atoms with van der Waals surface area (Å²) in [7, 11) is 0. The second kappa shape index (κ2) is 6.64. The highest BCUT2D eigenvalue weighted by Gasteiger charge is 2.12. The van der Waals surface area contributed by atoms with Crippen LogP contribution in [0.3, 0.4) is 0 Å². The lowest BCUT2D eigenvalue weighted by atomic mass is 10.1. The van der Waals surface area contributed by atoms with Crippen LogP contribution in [0.1, 0.15) is 17.0 Å². The zero-order valence-corrected chi connectivity index (χ0v) is 14.7. The number of fused-ring (bicyclic) bond motifs is 1. The van der Waals surface area contributed by atoms with Crippen LogP contribution in [0.2, 0.25) is 0 Å². The van der Waals surface area contributed by atoms with E-state index in [0.29, 0.717) is 16.9 Å². The maximum atomic E-state index is 5.79. The van der Waals surface area contributed by atoms with Crippen molar-refractivity contribution in [3.8, 4) is 11.5 Å². The normalized spacial score (nSPS) is 11.1. The van der Waals surface area contributed by atoms with E-state index in [-0.39, 0.29) is 0 Å². The van der Waals surface area contributed by atoms with Gasteiger partial charge in [-0.25, -0.2) is 9.97 Å². The summed E-state index contributed by atoms with van der Waals surface area (Å²) in [4.78, 5) is 9.31. The molecule has 0 spiro atoms. The van der Waals surface area contributed by atoms with Crippen molar-refractivity contribution >= 4 is 22.8 Å². The Morgan fingerprint density at radius 2 is 1.60 bits per heavy atom. The molecule has 0 atom stereocenters. The van der Waals surface area contributed by atoms with E-state index in [9.17, 15) is 0 Å². The maximum absolute atomic E-state index is 5.79. The average molecular weight is 348 g/mol. The van der Waals surface area contributed by atoms with E-state index in [1.54, 1.807) is 0 Å². The summed E-state index contributed by atoms with van der Waals surface area (Å²) in [5, 5.41) is 8.83. The standard InChI is InChI=1S/C19H16N4OS/c1-12-7-3-4-8-14(12)18-22-23-19(24-18)25-11-17-13(2)20-15-9-5-6-10-16(15)21-17/h3-10H,11H2,1-2H3. The van der Waals surface area contributed by atoms with E-state index in [4.69, 9.17) is 9.40 Å². The minimum atomic E-state index is 0.535. The lowest BCUT2D eigenvalue weighted by molar-refractivity contribution is 0.465. The predicted molar refractivity (Wildman–Crippen MR) is 98.3 cm³/mol. The van der Waals surface area contributed by atoms with Gasteiger partial charge in [-0.15, -0.1) is 10.2 Å². The minimum absolute atomic E-state index is 0.535. The molecule has 0 radical (unpaired) electrons. The number of para-hydroxylation sites is 2. The van der Waals surface area contributed by atoms with E-state index in [1.165, 1.54) is 11.8 Å². The maximum Gasteiger partial charge on any atom is 0.277 e. The van der Waals surface area contributed by atoms with Gasteiger partial charge in [0.1, 0.15) is 0 Å². The van der Waals surface area contributed by atoms with Gasteiger partial charge in [-0.3, -0.25) is 0 Å². The van der Waals surface area contributed by atoms with Gasteiger partial charge in [0.2, 0.25) is 5.89 Å². The molecule has 2 aromatic heterocycles. The molecular weight excluding hydrogens is 332 g/mol. The predicted octanol–water partition coefficient (Wildman–Crippen LogP) is 4.59. The molecule has 2 heterocycles. The van der Waals surface area contributed by atoms with Crippen LogP contribution in [0, 0.1) is 13.8 Å². The van der Waals surface area contributed by atoms with Crippen molar-refractivity contribution in [2.24, 2.45) is 0 Å². The monoisotopic (exact) mass is 348 g/mol. The average Bonchev–Trinajstić information content (AvgIpc) is 3.09. The zero-order valence-electron chi connectivity index (χ0n) is 13.9. The molecule has 0 N–H and O–H groups in total. The molecule has 25 heavy (non-hydrogen) atoms. The summed E-state index contributed by atoms with van der Waals surface area (Å²) in [6.45, 7) is 4.00. The van der Waals surface area contributed by atoms with Crippen LogP contribution in [0.15, 0.2) is 58.2 Å². The number of hydrogen-bond acceptors (Lipinski definition) is 6. The first-order valence-corrected chi connectivity index (χ1v) is 8.94. The smallest absolute Gasteiger partial charge is 0.277 e. The molecule has 0 amide bonds. The fourth-order valence-corrected chi connectivity index (χ4v) is 3.35. The Labute approximate surface area is 149 Å². The number of nitrogens with zero attached hydrogens (tertiary/aromatic N) is 4. The van der Waals surface area contributed by atoms with Gasteiger partial charge in [0, 0.05) is 11.3 Å². The molecule has 0 saturated heterocycles. The van der Waals surface area contributed by atoms with E-state index < -0.39 is 0 Å². The molecule has 4 aromatic rings. The Bertz CT molecular complexity index is 1040. The van der Waals surface area contributed by atoms with Crippen molar-refractivity contribution in [3.05, 3.63) is 65.5 Å². The molecule has 0 unspecified atom stereocenters.